The van der Waals surface area contributed by atoms with Crippen LogP contribution in [0.5, 0.6) is 11.5 Å². The topological polar surface area (TPSA) is 131 Å². The van der Waals surface area contributed by atoms with Crippen LogP contribution < -0.4 is 20.1 Å². The third-order valence-corrected chi connectivity index (χ3v) is 10.9. The van der Waals surface area contributed by atoms with Gasteiger partial charge in [-0.25, -0.2) is 14.0 Å². The van der Waals surface area contributed by atoms with Gasteiger partial charge in [0.1, 0.15) is 39.3 Å². The minimum atomic E-state index is -1.60. The maximum Gasteiger partial charge on any atom is 0.482 e. The van der Waals surface area contributed by atoms with Crippen LogP contribution in [0.15, 0.2) is 30.3 Å². The number of ether oxygens (including phenoxy) is 4. The van der Waals surface area contributed by atoms with Gasteiger partial charge in [-0.15, -0.1) is 0 Å². The predicted octanol–water partition coefficient (Wildman–Crippen LogP) is 7.01. The van der Waals surface area contributed by atoms with Crippen molar-refractivity contribution in [2.45, 2.75) is 116 Å². The highest BCUT2D eigenvalue weighted by Crippen LogP contribution is 2.65. The molecule has 2 aromatic rings. The number of esters is 1. The Bertz CT molecular complexity index is 1710. The summed E-state index contributed by atoms with van der Waals surface area (Å²) in [5.74, 6) is -2.19. The number of hydrogen-bond donors (Lipinski definition) is 2. The van der Waals surface area contributed by atoms with Crippen molar-refractivity contribution < 1.29 is 47.0 Å². The van der Waals surface area contributed by atoms with E-state index in [4.69, 9.17) is 39.9 Å². The van der Waals surface area contributed by atoms with Crippen LogP contribution in [0, 0.1) is 23.1 Å². The average Bonchev–Trinajstić information content (AvgIpc) is 3.40. The number of benzene rings is 2. The maximum atomic E-state index is 15.8. The summed E-state index contributed by atoms with van der Waals surface area (Å²) in [4.78, 5) is 40.8. The molecule has 1 saturated heterocycles. The molecule has 0 spiro atoms. The number of para-hydroxylation sites is 1. The summed E-state index contributed by atoms with van der Waals surface area (Å²) in [6, 6.07) is 6.21. The Labute approximate surface area is 311 Å². The van der Waals surface area contributed by atoms with E-state index in [1.54, 1.807) is 59.7 Å². The molecule has 2 bridgehead atoms. The first-order valence-electron chi connectivity index (χ1n) is 17.6. The highest BCUT2D eigenvalue weighted by Gasteiger charge is 2.68. The van der Waals surface area contributed by atoms with Crippen molar-refractivity contribution in [1.82, 2.24) is 10.6 Å². The predicted molar refractivity (Wildman–Crippen MR) is 194 cm³/mol. The van der Waals surface area contributed by atoms with E-state index in [0.29, 0.717) is 11.5 Å². The van der Waals surface area contributed by atoms with Crippen LogP contribution >= 0.6 is 11.6 Å². The van der Waals surface area contributed by atoms with Crippen LogP contribution in [0.25, 0.3) is 0 Å². The van der Waals surface area contributed by atoms with Gasteiger partial charge in [0.2, 0.25) is 5.91 Å². The van der Waals surface area contributed by atoms with Crippen molar-refractivity contribution in [3.05, 3.63) is 57.9 Å². The third-order valence-electron chi connectivity index (χ3n) is 10.5. The Kier molecular flexibility index (Phi) is 11.0. The lowest BCUT2D eigenvalue weighted by Gasteiger charge is -2.64. The van der Waals surface area contributed by atoms with Crippen molar-refractivity contribution in [1.29, 1.82) is 0 Å². The van der Waals surface area contributed by atoms with Gasteiger partial charge in [0.15, 0.2) is 5.82 Å². The van der Waals surface area contributed by atoms with E-state index >= 15 is 4.39 Å². The van der Waals surface area contributed by atoms with E-state index in [1.807, 2.05) is 0 Å². The van der Waals surface area contributed by atoms with Gasteiger partial charge in [-0.1, -0.05) is 37.6 Å². The summed E-state index contributed by atoms with van der Waals surface area (Å²) in [6.07, 6.45) is 0.709. The first kappa shape index (κ1) is 39.7. The lowest BCUT2D eigenvalue weighted by atomic mass is 9.43. The summed E-state index contributed by atoms with van der Waals surface area (Å²) in [5, 5.41) is 5.16. The molecule has 3 aliphatic carbocycles. The van der Waals surface area contributed by atoms with Crippen molar-refractivity contribution in [3.63, 3.8) is 0 Å². The first-order chi connectivity index (χ1) is 24.1. The molecule has 1 heterocycles. The minimum Gasteiger partial charge on any atom is -0.496 e. The average molecular weight is 745 g/mol. The molecule has 3 saturated carbocycles. The highest BCUT2D eigenvalue weighted by atomic mass is 35.5. The van der Waals surface area contributed by atoms with Crippen LogP contribution in [0.3, 0.4) is 0 Å². The van der Waals surface area contributed by atoms with Crippen LogP contribution in [0.2, 0.25) is 5.02 Å². The fraction of sp³-hybridized carbons (Fsp3) is 0.605. The zero-order chi connectivity index (χ0) is 38.6. The first-order valence-corrected chi connectivity index (χ1v) is 18.0. The maximum absolute atomic E-state index is 15.8. The van der Waals surface area contributed by atoms with Gasteiger partial charge in [0.05, 0.1) is 31.9 Å². The quantitative estimate of drug-likeness (QED) is 0.195. The molecular formula is C38H51BClFN2O9. The number of halogens is 2. The second-order valence-electron chi connectivity index (χ2n) is 16.7. The summed E-state index contributed by atoms with van der Waals surface area (Å²) >= 11 is 6.28. The third kappa shape index (κ3) is 7.87. The van der Waals surface area contributed by atoms with E-state index in [1.165, 1.54) is 26.4 Å². The molecule has 1 unspecified atom stereocenters. The lowest BCUT2D eigenvalue weighted by Crippen LogP contribution is -2.65. The molecule has 0 aromatic heterocycles. The Morgan fingerprint density at radius 2 is 1.65 bits per heavy atom. The molecule has 4 aliphatic rings. The molecule has 6 rings (SSSR count). The van der Waals surface area contributed by atoms with Crippen LogP contribution in [0.1, 0.15) is 103 Å². The second-order valence-corrected chi connectivity index (χ2v) is 17.1. The molecule has 1 aliphatic heterocycles. The number of nitrogens with one attached hydrogen (secondary N) is 2. The Balaban J connectivity index is 1.54. The van der Waals surface area contributed by atoms with Crippen LogP contribution in [-0.4, -0.2) is 68.2 Å². The largest absolute Gasteiger partial charge is 0.496 e. The van der Waals surface area contributed by atoms with E-state index in [0.717, 1.165) is 12.8 Å². The van der Waals surface area contributed by atoms with E-state index in [-0.39, 0.29) is 51.5 Å². The van der Waals surface area contributed by atoms with Crippen molar-refractivity contribution in [2.75, 3.05) is 14.2 Å². The van der Waals surface area contributed by atoms with Crippen LogP contribution in [0.4, 0.5) is 9.18 Å². The van der Waals surface area contributed by atoms with Gasteiger partial charge in [0.25, 0.3) is 0 Å². The van der Waals surface area contributed by atoms with Crippen molar-refractivity contribution >= 4 is 36.7 Å². The molecule has 2 N–H and O–H groups in total. The standard InChI is InChI=1S/C38H51BClFN2O9/c1-35(2,3)49-33(45)23-14-12-13-20(31(23)48-11)17-27(39-51-26-19-21-18-25(37(21,7)8)38(26,9)52-39)42-32(44)30(43-34(46)50-36(4,5)6)22-15-16-24(47-10)28(40)29(22)41/h12-16,21,25-27,30H,17-19H2,1-11H3,(H,42,44)(H,43,46)/t21-,25-,26+,27-,30?,38-/m0/s1. The number of amides is 2. The Hall–Kier alpha value is -3.55. The number of methoxy groups -OCH3 is 2. The van der Waals surface area contributed by atoms with Gasteiger partial charge >= 0.3 is 19.2 Å². The molecule has 11 nitrogen and oxygen atoms in total. The molecule has 52 heavy (non-hydrogen) atoms. The van der Waals surface area contributed by atoms with Gasteiger partial charge in [-0.2, -0.15) is 0 Å². The number of rotatable bonds is 10. The SMILES string of the molecule is COc1ccc(C(NC(=O)OC(C)(C)C)C(=O)N[C@@H](Cc2cccc(C(=O)OC(C)(C)C)c2OC)B2O[C@@H]3C[C@@H]4C[C@@H](C4(C)C)[C@]3(C)O2)c(F)c1Cl. The number of hydrogen-bond acceptors (Lipinski definition) is 9. The molecule has 6 atom stereocenters. The van der Waals surface area contributed by atoms with E-state index in [2.05, 4.69) is 31.4 Å². The minimum absolute atomic E-state index is 0.0547. The molecule has 4 fully saturated rings. The molecule has 0 radical (unpaired) electrons. The summed E-state index contributed by atoms with van der Waals surface area (Å²) in [5.41, 5.74) is -1.69. The number of carbonyl (C=O) groups is 3. The Morgan fingerprint density at radius 1 is 0.981 bits per heavy atom. The molecule has 2 aromatic carbocycles. The normalized spacial score (nSPS) is 24.5. The fourth-order valence-electron chi connectivity index (χ4n) is 7.91. The highest BCUT2D eigenvalue weighted by molar-refractivity contribution is 6.48. The fourth-order valence-corrected chi connectivity index (χ4v) is 8.16. The molecule has 284 valence electrons. The van der Waals surface area contributed by atoms with Crippen molar-refractivity contribution in [2.24, 2.45) is 17.3 Å². The van der Waals surface area contributed by atoms with Gasteiger partial charge in [0, 0.05) is 5.56 Å². The van der Waals surface area contributed by atoms with E-state index in [9.17, 15) is 14.4 Å². The molecular weight excluding hydrogens is 694 g/mol. The molecule has 2 amide bonds. The number of carbonyl (C=O) groups excluding carboxylic acids is 3. The van der Waals surface area contributed by atoms with Crippen molar-refractivity contribution in [3.8, 4) is 11.5 Å². The van der Waals surface area contributed by atoms with Gasteiger partial charge < -0.3 is 38.9 Å². The van der Waals surface area contributed by atoms with Gasteiger partial charge in [-0.3, -0.25) is 4.79 Å². The monoisotopic (exact) mass is 744 g/mol. The smallest absolute Gasteiger partial charge is 0.482 e. The van der Waals surface area contributed by atoms with Crippen LogP contribution in [-0.2, 0) is 30.0 Å². The van der Waals surface area contributed by atoms with Gasteiger partial charge in [-0.05, 0) is 109 Å². The van der Waals surface area contributed by atoms with E-state index < -0.39 is 59.7 Å². The lowest BCUT2D eigenvalue weighted by molar-refractivity contribution is -0.199. The zero-order valence-electron chi connectivity index (χ0n) is 31.9. The molecule has 14 heteroatoms. The second kappa shape index (κ2) is 14.4. The zero-order valence-corrected chi connectivity index (χ0v) is 32.7. The summed E-state index contributed by atoms with van der Waals surface area (Å²) in [7, 11) is 1.84. The summed E-state index contributed by atoms with van der Waals surface area (Å²) < 4.78 is 51.3. The Morgan fingerprint density at radius 3 is 2.25 bits per heavy atom. The summed E-state index contributed by atoms with van der Waals surface area (Å²) in [6.45, 7) is 16.9. The number of alkyl carbamates (subject to hydrolysis) is 1.